The quantitative estimate of drug-likeness (QED) is 0.118. The van der Waals surface area contributed by atoms with Crippen molar-refractivity contribution in [1.29, 1.82) is 0 Å². The minimum absolute atomic E-state index is 0.750. The van der Waals surface area contributed by atoms with Crippen LogP contribution in [0.1, 0.15) is 136 Å². The third-order valence-electron chi connectivity index (χ3n) is 5.48. The lowest BCUT2D eigenvalue weighted by Gasteiger charge is -2.22. The molecule has 0 aromatic heterocycles. The third-order valence-corrected chi connectivity index (χ3v) is 5.48. The molecule has 0 spiro atoms. The topological polar surface area (TPSA) is 3.24 Å². The van der Waals surface area contributed by atoms with Crippen molar-refractivity contribution in [3.8, 4) is 0 Å². The highest BCUT2D eigenvalue weighted by atomic mass is 35.6. The highest BCUT2D eigenvalue weighted by Crippen LogP contribution is 2.11. The summed E-state index contributed by atoms with van der Waals surface area (Å²) < 4.78 is -0.750. The number of hydrogen-bond donors (Lipinski definition) is 0. The fraction of sp³-hybridized carbons (Fsp3) is 1.00. The van der Waals surface area contributed by atoms with Gasteiger partial charge in [0.05, 0.1) is 0 Å². The van der Waals surface area contributed by atoms with E-state index in [0.29, 0.717) is 0 Å². The van der Waals surface area contributed by atoms with Crippen molar-refractivity contribution < 1.29 is 0 Å². The Balaban J connectivity index is 0. The van der Waals surface area contributed by atoms with E-state index in [-0.39, 0.29) is 0 Å². The van der Waals surface area contributed by atoms with E-state index < -0.39 is 4.30 Å². The van der Waals surface area contributed by atoms with E-state index in [4.69, 9.17) is 34.8 Å². The molecule has 0 unspecified atom stereocenters. The molecule has 0 fully saturated rings. The van der Waals surface area contributed by atoms with Crippen molar-refractivity contribution >= 4 is 34.8 Å². The van der Waals surface area contributed by atoms with Gasteiger partial charge in [0.25, 0.3) is 0 Å². The van der Waals surface area contributed by atoms with E-state index in [9.17, 15) is 0 Å². The molecule has 0 heterocycles. The van der Waals surface area contributed by atoms with Crippen LogP contribution in [-0.4, -0.2) is 28.8 Å². The zero-order valence-corrected chi connectivity index (χ0v) is 22.3. The molecule has 4 heteroatoms. The number of alkyl halides is 3. The minimum Gasteiger partial charge on any atom is -0.303 e. The molecule has 1 nitrogen and oxygen atoms in total. The van der Waals surface area contributed by atoms with Crippen LogP contribution in [0.5, 0.6) is 0 Å². The van der Waals surface area contributed by atoms with Gasteiger partial charge in [-0.1, -0.05) is 152 Å². The largest absolute Gasteiger partial charge is 0.303 e. The average molecular weight is 473 g/mol. The average Bonchev–Trinajstić information content (AvgIpc) is 2.68. The van der Waals surface area contributed by atoms with Gasteiger partial charge in [-0.25, -0.2) is 0 Å². The summed E-state index contributed by atoms with van der Waals surface area (Å²) in [4.78, 5) is 2.79. The molecule has 0 rings (SSSR count). The Morgan fingerprint density at radius 1 is 0.414 bits per heavy atom. The maximum Gasteiger partial charge on any atom is 0.180 e. The van der Waals surface area contributed by atoms with Gasteiger partial charge in [0.1, 0.15) is 0 Å². The fourth-order valence-electron chi connectivity index (χ4n) is 3.68. The van der Waals surface area contributed by atoms with Crippen molar-refractivity contribution in [3.05, 3.63) is 0 Å². The predicted molar refractivity (Wildman–Crippen MR) is 138 cm³/mol. The lowest BCUT2D eigenvalue weighted by atomic mass is 10.1. The molecule has 0 saturated heterocycles. The van der Waals surface area contributed by atoms with Gasteiger partial charge in [-0.3, -0.25) is 0 Å². The zero-order chi connectivity index (χ0) is 22.0. The van der Waals surface area contributed by atoms with Gasteiger partial charge in [-0.05, 0) is 38.9 Å². The first kappa shape index (κ1) is 32.0. The van der Waals surface area contributed by atoms with Crippen LogP contribution in [0.2, 0.25) is 0 Å². The van der Waals surface area contributed by atoms with E-state index in [2.05, 4.69) is 25.7 Å². The molecule has 0 bridgehead atoms. The molecular weight excluding hydrogens is 421 g/mol. The number of halogens is 3. The van der Waals surface area contributed by atoms with E-state index >= 15 is 0 Å². The van der Waals surface area contributed by atoms with Crippen molar-refractivity contribution in [2.45, 2.75) is 141 Å². The van der Waals surface area contributed by atoms with Crippen LogP contribution in [0, 0.1) is 0 Å². The summed E-state index contributed by atoms with van der Waals surface area (Å²) in [6, 6.07) is 0. The summed E-state index contributed by atoms with van der Waals surface area (Å²) in [7, 11) is 0. The lowest BCUT2D eigenvalue weighted by Crippen LogP contribution is -2.27. The van der Waals surface area contributed by atoms with E-state index in [1.807, 2.05) is 0 Å². The second kappa shape index (κ2) is 28.8. The van der Waals surface area contributed by atoms with Crippen molar-refractivity contribution in [3.63, 3.8) is 0 Å². The molecule has 0 aliphatic heterocycles. The van der Waals surface area contributed by atoms with Crippen molar-refractivity contribution in [2.24, 2.45) is 0 Å². The number of unbranched alkanes of at least 4 members (excludes halogenated alkanes) is 15. The minimum atomic E-state index is -0.750. The second-order valence-electron chi connectivity index (χ2n) is 8.39. The Morgan fingerprint density at radius 3 is 0.862 bits per heavy atom. The number of rotatable bonds is 21. The fourth-order valence-corrected chi connectivity index (χ4v) is 3.68. The summed E-state index contributed by atoms with van der Waals surface area (Å²) in [6.45, 7) is 11.0. The summed E-state index contributed by atoms with van der Waals surface area (Å²) >= 11 is 14.4. The smallest absolute Gasteiger partial charge is 0.180 e. The first-order valence-corrected chi connectivity index (χ1v) is 14.0. The number of nitrogens with zero attached hydrogens (tertiary/aromatic N) is 1. The Kier molecular flexibility index (Phi) is 31.8. The van der Waals surface area contributed by atoms with Gasteiger partial charge in [0.2, 0.25) is 0 Å². The Morgan fingerprint density at radius 2 is 0.621 bits per heavy atom. The van der Waals surface area contributed by atoms with E-state index in [1.54, 1.807) is 0 Å². The molecule has 29 heavy (non-hydrogen) atoms. The van der Waals surface area contributed by atoms with Gasteiger partial charge in [-0.15, -0.1) is 0 Å². The van der Waals surface area contributed by atoms with Crippen LogP contribution in [0.25, 0.3) is 0 Å². The molecule has 178 valence electrons. The van der Waals surface area contributed by atoms with Crippen LogP contribution in [0.15, 0.2) is 0 Å². The molecule has 0 amide bonds. The first-order valence-electron chi connectivity index (χ1n) is 12.7. The third kappa shape index (κ3) is 33.7. The van der Waals surface area contributed by atoms with Crippen LogP contribution in [0.4, 0.5) is 0 Å². The predicted octanol–water partition coefficient (Wildman–Crippen LogP) is 10.4. The highest BCUT2D eigenvalue weighted by molar-refractivity contribution is 6.63. The lowest BCUT2D eigenvalue weighted by molar-refractivity contribution is 0.254. The van der Waals surface area contributed by atoms with Crippen molar-refractivity contribution in [2.75, 3.05) is 19.6 Å². The second-order valence-corrected chi connectivity index (χ2v) is 10.4. The molecule has 0 aliphatic rings. The van der Waals surface area contributed by atoms with Crippen LogP contribution in [-0.2, 0) is 0 Å². The van der Waals surface area contributed by atoms with E-state index in [1.165, 1.54) is 135 Å². The molecule has 0 atom stereocenters. The molecule has 0 aromatic carbocycles. The first-order chi connectivity index (χ1) is 14.1. The molecule has 0 radical (unpaired) electrons. The monoisotopic (exact) mass is 471 g/mol. The molecule has 0 N–H and O–H groups in total. The summed E-state index contributed by atoms with van der Waals surface area (Å²) in [5.41, 5.74) is 0. The zero-order valence-electron chi connectivity index (χ0n) is 20.0. The highest BCUT2D eigenvalue weighted by Gasteiger charge is 2.05. The van der Waals surface area contributed by atoms with Gasteiger partial charge < -0.3 is 4.90 Å². The van der Waals surface area contributed by atoms with Crippen LogP contribution < -0.4 is 0 Å². The molecular formula is C25H52Cl3N. The van der Waals surface area contributed by atoms with Gasteiger partial charge in [-0.2, -0.15) is 0 Å². The summed E-state index contributed by atoms with van der Waals surface area (Å²) in [5, 5.41) is 0. The standard InChI is InChI=1S/C24H51N.CHCl3/c1-4-7-10-13-16-19-22-25(23-20-17-14-11-8-5-2)24-21-18-15-12-9-6-3;2-1(3)4/h4-24H2,1-3H3;1H. The number of hydrogen-bond acceptors (Lipinski definition) is 1. The Hall–Kier alpha value is 0.830. The summed E-state index contributed by atoms with van der Waals surface area (Å²) in [5.74, 6) is 0. The molecule has 0 aliphatic carbocycles. The molecule has 0 saturated carbocycles. The van der Waals surface area contributed by atoms with E-state index in [0.717, 1.165) is 0 Å². The van der Waals surface area contributed by atoms with Gasteiger partial charge in [0.15, 0.2) is 4.30 Å². The Labute approximate surface area is 199 Å². The van der Waals surface area contributed by atoms with Crippen LogP contribution >= 0.6 is 34.8 Å². The maximum atomic E-state index is 4.81. The van der Waals surface area contributed by atoms with Gasteiger partial charge in [0, 0.05) is 0 Å². The maximum absolute atomic E-state index is 4.81. The normalized spacial score (nSPS) is 11.2. The summed E-state index contributed by atoms with van der Waals surface area (Å²) in [6.07, 6.45) is 25.7. The SMILES string of the molecule is CCCCCCCCN(CCCCCCCC)CCCCCCCC.ClC(Cl)Cl. The van der Waals surface area contributed by atoms with Crippen LogP contribution in [0.3, 0.4) is 0 Å². The van der Waals surface area contributed by atoms with Gasteiger partial charge >= 0.3 is 0 Å². The Bertz CT molecular complexity index is 234. The van der Waals surface area contributed by atoms with Crippen molar-refractivity contribution in [1.82, 2.24) is 4.90 Å². The molecule has 0 aromatic rings.